The molecule has 0 amide bonds. The van der Waals surface area contributed by atoms with Crippen LogP contribution >= 0.6 is 0 Å². The van der Waals surface area contributed by atoms with Crippen LogP contribution in [0.4, 0.5) is 0 Å². The summed E-state index contributed by atoms with van der Waals surface area (Å²) in [5.41, 5.74) is 2.44. The molecule has 78 valence electrons. The van der Waals surface area contributed by atoms with Gasteiger partial charge in [0.1, 0.15) is 5.76 Å². The minimum Gasteiger partial charge on any atom is -0.464 e. The van der Waals surface area contributed by atoms with Crippen molar-refractivity contribution in [2.45, 2.75) is 6.54 Å². The summed E-state index contributed by atoms with van der Waals surface area (Å²) in [4.78, 5) is 2.15. The van der Waals surface area contributed by atoms with Gasteiger partial charge in [0, 0.05) is 12.1 Å². The van der Waals surface area contributed by atoms with E-state index in [0.29, 0.717) is 0 Å². The van der Waals surface area contributed by atoms with Gasteiger partial charge in [-0.15, -0.1) is 0 Å². The molecule has 0 aliphatic carbocycles. The molecule has 0 unspecified atom stereocenters. The first-order valence-electron chi connectivity index (χ1n) is 5.03. The molecule has 2 heteroatoms. The highest BCUT2D eigenvalue weighted by Crippen LogP contribution is 2.20. The second-order valence-electron chi connectivity index (χ2n) is 3.91. The number of rotatable bonds is 3. The molecule has 1 heterocycles. The lowest BCUT2D eigenvalue weighted by atomic mass is 10.1. The third kappa shape index (κ3) is 2.48. The van der Waals surface area contributed by atoms with Crippen LogP contribution in [0.3, 0.4) is 0 Å². The molecule has 0 bridgehead atoms. The van der Waals surface area contributed by atoms with Crippen molar-refractivity contribution in [2.75, 3.05) is 14.1 Å². The topological polar surface area (TPSA) is 16.4 Å². The van der Waals surface area contributed by atoms with E-state index >= 15 is 0 Å². The van der Waals surface area contributed by atoms with Crippen LogP contribution in [0.2, 0.25) is 0 Å². The van der Waals surface area contributed by atoms with Crippen molar-refractivity contribution in [3.63, 3.8) is 0 Å². The van der Waals surface area contributed by atoms with Gasteiger partial charge in [0.15, 0.2) is 0 Å². The molecule has 0 saturated heterocycles. The molecule has 0 fully saturated rings. The Bertz CT molecular complexity index is 401. The zero-order chi connectivity index (χ0) is 10.7. The summed E-state index contributed by atoms with van der Waals surface area (Å²) >= 11 is 0. The lowest BCUT2D eigenvalue weighted by molar-refractivity contribution is 0.402. The Morgan fingerprint density at radius 1 is 1.07 bits per heavy atom. The minimum absolute atomic E-state index is 0.923. The maximum Gasteiger partial charge on any atom is 0.133 e. The van der Waals surface area contributed by atoms with Gasteiger partial charge in [0.25, 0.3) is 0 Å². The molecular weight excluding hydrogens is 186 g/mol. The highest BCUT2D eigenvalue weighted by Gasteiger charge is 2.00. The van der Waals surface area contributed by atoms with E-state index in [4.69, 9.17) is 4.42 Å². The predicted octanol–water partition coefficient (Wildman–Crippen LogP) is 3.01. The van der Waals surface area contributed by atoms with Crippen molar-refractivity contribution in [2.24, 2.45) is 0 Å². The first-order chi connectivity index (χ1) is 7.25. The van der Waals surface area contributed by atoms with Crippen molar-refractivity contribution < 1.29 is 4.42 Å². The number of nitrogens with zero attached hydrogens (tertiary/aromatic N) is 1. The van der Waals surface area contributed by atoms with Crippen molar-refractivity contribution >= 4 is 0 Å². The Kier molecular flexibility index (Phi) is 2.88. The summed E-state index contributed by atoms with van der Waals surface area (Å²) in [7, 11) is 4.14. The highest BCUT2D eigenvalue weighted by atomic mass is 16.3. The molecule has 0 radical (unpaired) electrons. The van der Waals surface area contributed by atoms with E-state index in [2.05, 4.69) is 43.3 Å². The van der Waals surface area contributed by atoms with Crippen molar-refractivity contribution in [3.05, 3.63) is 48.2 Å². The number of furan rings is 1. The number of benzene rings is 1. The van der Waals surface area contributed by atoms with E-state index in [1.165, 1.54) is 5.56 Å². The number of hydrogen-bond acceptors (Lipinski definition) is 2. The van der Waals surface area contributed by atoms with E-state index < -0.39 is 0 Å². The SMILES string of the molecule is CN(C)Cc1ccc(-c2ccco2)cc1. The van der Waals surface area contributed by atoms with Crippen LogP contribution in [0.15, 0.2) is 47.1 Å². The van der Waals surface area contributed by atoms with Crippen LogP contribution in [-0.2, 0) is 6.54 Å². The maximum absolute atomic E-state index is 5.33. The normalized spacial score (nSPS) is 10.9. The summed E-state index contributed by atoms with van der Waals surface area (Å²) < 4.78 is 5.33. The lowest BCUT2D eigenvalue weighted by Crippen LogP contribution is -2.10. The van der Waals surface area contributed by atoms with Gasteiger partial charge in [-0.3, -0.25) is 0 Å². The quantitative estimate of drug-likeness (QED) is 0.759. The smallest absolute Gasteiger partial charge is 0.133 e. The fourth-order valence-electron chi connectivity index (χ4n) is 1.58. The lowest BCUT2D eigenvalue weighted by Gasteiger charge is -2.09. The maximum atomic E-state index is 5.33. The van der Waals surface area contributed by atoms with Crippen LogP contribution in [0.5, 0.6) is 0 Å². The van der Waals surface area contributed by atoms with Gasteiger partial charge in [-0.05, 0) is 31.8 Å². The standard InChI is InChI=1S/C13H15NO/c1-14(2)10-11-5-7-12(8-6-11)13-4-3-9-15-13/h3-9H,10H2,1-2H3. The third-order valence-corrected chi connectivity index (χ3v) is 2.26. The molecular formula is C13H15NO. The Hall–Kier alpha value is -1.54. The molecule has 0 spiro atoms. The van der Waals surface area contributed by atoms with E-state index in [1.807, 2.05) is 12.1 Å². The Morgan fingerprint density at radius 3 is 2.33 bits per heavy atom. The molecule has 2 nitrogen and oxygen atoms in total. The van der Waals surface area contributed by atoms with E-state index in [0.717, 1.165) is 17.9 Å². The first-order valence-corrected chi connectivity index (χ1v) is 5.03. The van der Waals surface area contributed by atoms with Gasteiger partial charge in [0.2, 0.25) is 0 Å². The van der Waals surface area contributed by atoms with Crippen molar-refractivity contribution in [3.8, 4) is 11.3 Å². The van der Waals surface area contributed by atoms with Crippen LogP contribution in [-0.4, -0.2) is 19.0 Å². The van der Waals surface area contributed by atoms with Gasteiger partial charge in [0.05, 0.1) is 6.26 Å². The van der Waals surface area contributed by atoms with Gasteiger partial charge in [-0.2, -0.15) is 0 Å². The third-order valence-electron chi connectivity index (χ3n) is 2.26. The monoisotopic (exact) mass is 201 g/mol. The fraction of sp³-hybridized carbons (Fsp3) is 0.231. The molecule has 0 aliphatic rings. The fourth-order valence-corrected chi connectivity index (χ4v) is 1.58. The first kappa shape index (κ1) is 9.99. The number of hydrogen-bond donors (Lipinski definition) is 0. The largest absolute Gasteiger partial charge is 0.464 e. The van der Waals surface area contributed by atoms with E-state index in [9.17, 15) is 0 Å². The summed E-state index contributed by atoms with van der Waals surface area (Å²) in [5.74, 6) is 0.923. The Morgan fingerprint density at radius 2 is 1.80 bits per heavy atom. The highest BCUT2D eigenvalue weighted by molar-refractivity contribution is 5.57. The molecule has 2 rings (SSSR count). The van der Waals surface area contributed by atoms with Crippen LogP contribution in [0, 0.1) is 0 Å². The minimum atomic E-state index is 0.923. The van der Waals surface area contributed by atoms with Crippen LogP contribution in [0.1, 0.15) is 5.56 Å². The van der Waals surface area contributed by atoms with Gasteiger partial charge < -0.3 is 9.32 Å². The average Bonchev–Trinajstić information content (AvgIpc) is 2.71. The molecule has 1 aromatic heterocycles. The molecule has 15 heavy (non-hydrogen) atoms. The predicted molar refractivity (Wildman–Crippen MR) is 61.5 cm³/mol. The second kappa shape index (κ2) is 4.32. The van der Waals surface area contributed by atoms with E-state index in [1.54, 1.807) is 6.26 Å². The molecule has 0 atom stereocenters. The van der Waals surface area contributed by atoms with Crippen LogP contribution in [0.25, 0.3) is 11.3 Å². The average molecular weight is 201 g/mol. The summed E-state index contributed by atoms with van der Waals surface area (Å²) in [6, 6.07) is 12.3. The summed E-state index contributed by atoms with van der Waals surface area (Å²) in [6.45, 7) is 0.971. The summed E-state index contributed by atoms with van der Waals surface area (Å²) in [6.07, 6.45) is 1.70. The van der Waals surface area contributed by atoms with Crippen molar-refractivity contribution in [1.29, 1.82) is 0 Å². The van der Waals surface area contributed by atoms with Gasteiger partial charge in [-0.25, -0.2) is 0 Å². The molecule has 0 saturated carbocycles. The van der Waals surface area contributed by atoms with E-state index in [-0.39, 0.29) is 0 Å². The zero-order valence-corrected chi connectivity index (χ0v) is 9.10. The molecule has 0 N–H and O–H groups in total. The Labute approximate surface area is 90.1 Å². The molecule has 2 aromatic rings. The summed E-state index contributed by atoms with van der Waals surface area (Å²) in [5, 5.41) is 0. The molecule has 1 aromatic carbocycles. The zero-order valence-electron chi connectivity index (χ0n) is 9.10. The van der Waals surface area contributed by atoms with Crippen molar-refractivity contribution in [1.82, 2.24) is 4.90 Å². The molecule has 0 aliphatic heterocycles. The second-order valence-corrected chi connectivity index (χ2v) is 3.91. The van der Waals surface area contributed by atoms with Gasteiger partial charge >= 0.3 is 0 Å². The van der Waals surface area contributed by atoms with Gasteiger partial charge in [-0.1, -0.05) is 24.3 Å². The Balaban J connectivity index is 2.17. The van der Waals surface area contributed by atoms with Crippen LogP contribution < -0.4 is 0 Å².